The number of hydrogen-bond donors (Lipinski definition) is 2. The Bertz CT molecular complexity index is 1050. The third-order valence-electron chi connectivity index (χ3n) is 5.95. The van der Waals surface area contributed by atoms with Crippen molar-refractivity contribution in [1.82, 2.24) is 9.88 Å². The average Bonchev–Trinajstić information content (AvgIpc) is 3.09. The van der Waals surface area contributed by atoms with Gasteiger partial charge in [-0.3, -0.25) is 9.36 Å². The minimum Gasteiger partial charge on any atom is -0.408 e. The maximum absolute atomic E-state index is 12.4. The van der Waals surface area contributed by atoms with Crippen LogP contribution in [0.5, 0.6) is 0 Å². The molecule has 1 aliphatic heterocycles. The van der Waals surface area contributed by atoms with Gasteiger partial charge in [-0.1, -0.05) is 36.4 Å². The Morgan fingerprint density at radius 3 is 2.57 bits per heavy atom. The van der Waals surface area contributed by atoms with Gasteiger partial charge in [0.1, 0.15) is 6.54 Å². The van der Waals surface area contributed by atoms with Crippen LogP contribution in [0.2, 0.25) is 0 Å². The monoisotopic (exact) mass is 408 g/mol. The van der Waals surface area contributed by atoms with E-state index in [4.69, 9.17) is 4.42 Å². The number of para-hydroxylation sites is 2. The molecular weight excluding hydrogens is 378 g/mol. The highest BCUT2D eigenvalue weighted by atomic mass is 16.4. The third kappa shape index (κ3) is 5.00. The lowest BCUT2D eigenvalue weighted by molar-refractivity contribution is -0.918. The molecule has 0 radical (unpaired) electrons. The number of oxazole rings is 1. The number of aromatic nitrogens is 1. The highest BCUT2D eigenvalue weighted by Gasteiger charge is 2.16. The van der Waals surface area contributed by atoms with Gasteiger partial charge in [-0.05, 0) is 43.4 Å². The van der Waals surface area contributed by atoms with E-state index in [2.05, 4.69) is 23.5 Å². The standard InChI is InChI=1S/C24H29N3O3/c28-23(13-8-16-27-21-11-4-5-12-22(21)30-24(27)29)25-17-19-9-2-3-10-20(19)18-26-14-6-1-7-15-26/h2-5,9-12H,1,6-8,13-18H2,(H,25,28)/p+1. The molecule has 6 heteroatoms. The molecule has 3 aromatic rings. The molecule has 1 saturated heterocycles. The summed E-state index contributed by atoms with van der Waals surface area (Å²) in [4.78, 5) is 26.0. The van der Waals surface area contributed by atoms with E-state index in [9.17, 15) is 9.59 Å². The van der Waals surface area contributed by atoms with Crippen LogP contribution < -0.4 is 16.0 Å². The first-order chi connectivity index (χ1) is 14.7. The van der Waals surface area contributed by atoms with Crippen LogP contribution in [0.4, 0.5) is 0 Å². The molecule has 2 aromatic carbocycles. The Labute approximate surface area is 176 Å². The van der Waals surface area contributed by atoms with E-state index in [0.29, 0.717) is 31.5 Å². The van der Waals surface area contributed by atoms with E-state index in [-0.39, 0.29) is 11.7 Å². The molecule has 1 aromatic heterocycles. The first-order valence-corrected chi connectivity index (χ1v) is 11.0. The third-order valence-corrected chi connectivity index (χ3v) is 5.95. The van der Waals surface area contributed by atoms with Crippen LogP contribution in [0.15, 0.2) is 57.7 Å². The summed E-state index contributed by atoms with van der Waals surface area (Å²) in [6.45, 7) is 4.53. The molecule has 2 N–H and O–H groups in total. The van der Waals surface area contributed by atoms with E-state index >= 15 is 0 Å². The molecule has 0 bridgehead atoms. The predicted octanol–water partition coefficient (Wildman–Crippen LogP) is 2.26. The van der Waals surface area contributed by atoms with Crippen LogP contribution in [0.3, 0.4) is 0 Å². The van der Waals surface area contributed by atoms with Gasteiger partial charge in [0.25, 0.3) is 0 Å². The van der Waals surface area contributed by atoms with E-state index in [1.165, 1.54) is 43.5 Å². The second-order valence-corrected chi connectivity index (χ2v) is 8.12. The molecule has 0 saturated carbocycles. The molecule has 4 rings (SSSR count). The number of aryl methyl sites for hydroxylation is 1. The zero-order chi connectivity index (χ0) is 20.8. The Morgan fingerprint density at radius 1 is 1.00 bits per heavy atom. The van der Waals surface area contributed by atoms with E-state index in [1.807, 2.05) is 24.3 Å². The number of quaternary nitrogens is 1. The highest BCUT2D eigenvalue weighted by molar-refractivity contribution is 5.76. The SMILES string of the molecule is O=C(CCCn1c(=O)oc2ccccc21)NCc1ccccc1C[NH+]1CCCCC1. The van der Waals surface area contributed by atoms with Crippen molar-refractivity contribution in [2.45, 2.75) is 51.7 Å². The summed E-state index contributed by atoms with van der Waals surface area (Å²) in [5, 5.41) is 3.05. The number of nitrogens with zero attached hydrogens (tertiary/aromatic N) is 1. The molecule has 1 aliphatic rings. The Balaban J connectivity index is 1.28. The van der Waals surface area contributed by atoms with Crippen LogP contribution in [0.25, 0.3) is 11.1 Å². The molecule has 0 aliphatic carbocycles. The lowest BCUT2D eigenvalue weighted by Crippen LogP contribution is -3.11. The van der Waals surface area contributed by atoms with Crippen molar-refractivity contribution in [3.05, 3.63) is 70.2 Å². The van der Waals surface area contributed by atoms with Crippen molar-refractivity contribution in [3.8, 4) is 0 Å². The Kier molecular flexibility index (Phi) is 6.64. The van der Waals surface area contributed by atoms with Crippen molar-refractivity contribution in [2.75, 3.05) is 13.1 Å². The number of likely N-dealkylation sites (tertiary alicyclic amines) is 1. The van der Waals surface area contributed by atoms with Gasteiger partial charge in [0.15, 0.2) is 5.58 Å². The predicted molar refractivity (Wildman–Crippen MR) is 116 cm³/mol. The number of benzene rings is 2. The smallest absolute Gasteiger partial charge is 0.408 e. The van der Waals surface area contributed by atoms with Crippen LogP contribution in [0.1, 0.15) is 43.2 Å². The Morgan fingerprint density at radius 2 is 1.73 bits per heavy atom. The minimum absolute atomic E-state index is 0.0102. The fraction of sp³-hybridized carbons (Fsp3) is 0.417. The zero-order valence-corrected chi connectivity index (χ0v) is 17.4. The summed E-state index contributed by atoms with van der Waals surface area (Å²) in [6.07, 6.45) is 4.94. The fourth-order valence-corrected chi connectivity index (χ4v) is 4.31. The van der Waals surface area contributed by atoms with Gasteiger partial charge < -0.3 is 14.6 Å². The van der Waals surface area contributed by atoms with Gasteiger partial charge in [-0.2, -0.15) is 0 Å². The molecule has 158 valence electrons. The van der Waals surface area contributed by atoms with Gasteiger partial charge in [0.2, 0.25) is 5.91 Å². The van der Waals surface area contributed by atoms with Gasteiger partial charge in [0.05, 0.1) is 18.6 Å². The highest BCUT2D eigenvalue weighted by Crippen LogP contribution is 2.13. The Hall–Kier alpha value is -2.86. The van der Waals surface area contributed by atoms with Crippen LogP contribution in [-0.2, 0) is 24.4 Å². The number of nitrogens with one attached hydrogen (secondary N) is 2. The molecule has 0 atom stereocenters. The van der Waals surface area contributed by atoms with Crippen molar-refractivity contribution in [1.29, 1.82) is 0 Å². The summed E-state index contributed by atoms with van der Waals surface area (Å²) in [5.41, 5.74) is 3.88. The first-order valence-electron chi connectivity index (χ1n) is 11.0. The molecule has 30 heavy (non-hydrogen) atoms. The summed E-state index contributed by atoms with van der Waals surface area (Å²) >= 11 is 0. The maximum atomic E-state index is 12.4. The quantitative estimate of drug-likeness (QED) is 0.601. The number of carbonyl (C=O) groups excluding carboxylic acids is 1. The van der Waals surface area contributed by atoms with Crippen LogP contribution >= 0.6 is 0 Å². The number of piperidine rings is 1. The van der Waals surface area contributed by atoms with Crippen molar-refractivity contribution in [3.63, 3.8) is 0 Å². The number of carbonyl (C=O) groups is 1. The first kappa shape index (κ1) is 20.4. The number of amides is 1. The second kappa shape index (κ2) is 9.76. The number of hydrogen-bond acceptors (Lipinski definition) is 3. The lowest BCUT2D eigenvalue weighted by atomic mass is 10.0. The van der Waals surface area contributed by atoms with Crippen LogP contribution in [-0.4, -0.2) is 23.6 Å². The van der Waals surface area contributed by atoms with Crippen molar-refractivity contribution >= 4 is 17.0 Å². The zero-order valence-electron chi connectivity index (χ0n) is 17.4. The van der Waals surface area contributed by atoms with E-state index in [0.717, 1.165) is 12.1 Å². The lowest BCUT2D eigenvalue weighted by Gasteiger charge is -2.24. The van der Waals surface area contributed by atoms with Gasteiger partial charge in [-0.15, -0.1) is 0 Å². The normalized spacial score (nSPS) is 14.8. The topological polar surface area (TPSA) is 68.7 Å². The fourth-order valence-electron chi connectivity index (χ4n) is 4.31. The molecule has 1 amide bonds. The van der Waals surface area contributed by atoms with E-state index in [1.54, 1.807) is 15.5 Å². The molecular formula is C24H30N3O3+. The molecule has 1 fully saturated rings. The molecule has 0 unspecified atom stereocenters. The summed E-state index contributed by atoms with van der Waals surface area (Å²) in [6, 6.07) is 15.8. The summed E-state index contributed by atoms with van der Waals surface area (Å²) in [5.74, 6) is -0.360. The number of fused-ring (bicyclic) bond motifs is 1. The second-order valence-electron chi connectivity index (χ2n) is 8.12. The minimum atomic E-state index is -0.370. The largest absolute Gasteiger partial charge is 0.419 e. The van der Waals surface area contributed by atoms with Crippen LogP contribution in [0, 0.1) is 0 Å². The number of rotatable bonds is 8. The van der Waals surface area contributed by atoms with Crippen molar-refractivity contribution < 1.29 is 14.1 Å². The molecule has 0 spiro atoms. The van der Waals surface area contributed by atoms with Gasteiger partial charge >= 0.3 is 5.76 Å². The summed E-state index contributed by atoms with van der Waals surface area (Å²) < 4.78 is 6.84. The van der Waals surface area contributed by atoms with Gasteiger partial charge in [0, 0.05) is 25.1 Å². The maximum Gasteiger partial charge on any atom is 0.419 e. The molecule has 6 nitrogen and oxygen atoms in total. The molecule has 2 heterocycles. The van der Waals surface area contributed by atoms with Gasteiger partial charge in [-0.25, -0.2) is 4.79 Å². The summed E-state index contributed by atoms with van der Waals surface area (Å²) in [7, 11) is 0. The van der Waals surface area contributed by atoms with Crippen molar-refractivity contribution in [2.24, 2.45) is 0 Å². The average molecular weight is 409 g/mol. The van der Waals surface area contributed by atoms with E-state index < -0.39 is 0 Å².